The number of aromatic hydroxyl groups is 1. The number of hydrogen-bond donors (Lipinski definition) is 1. The Morgan fingerprint density at radius 1 is 1.19 bits per heavy atom. The number of nitrogens with zero attached hydrogens (tertiary/aromatic N) is 4. The number of aryl methyl sites for hydroxylation is 2. The second-order valence-corrected chi connectivity index (χ2v) is 7.54. The summed E-state index contributed by atoms with van der Waals surface area (Å²) in [6.45, 7) is 9.46. The van der Waals surface area contributed by atoms with Crippen molar-refractivity contribution < 1.29 is 5.11 Å². The number of benzene rings is 1. The fourth-order valence-corrected chi connectivity index (χ4v) is 4.11. The van der Waals surface area contributed by atoms with E-state index >= 15 is 0 Å². The molecule has 5 heteroatoms. The summed E-state index contributed by atoms with van der Waals surface area (Å²) in [4.78, 5) is 16.7. The highest BCUT2D eigenvalue weighted by Crippen LogP contribution is 2.33. The maximum absolute atomic E-state index is 10.4. The Morgan fingerprint density at radius 2 is 2.04 bits per heavy atom. The first-order valence-corrected chi connectivity index (χ1v) is 9.71. The van der Waals surface area contributed by atoms with Crippen molar-refractivity contribution in [2.45, 2.75) is 39.5 Å². The fourth-order valence-electron chi connectivity index (χ4n) is 4.11. The molecule has 0 saturated carbocycles. The molecule has 1 aliphatic rings. The number of rotatable bonds is 3. The van der Waals surface area contributed by atoms with Crippen LogP contribution in [0.5, 0.6) is 5.75 Å². The van der Waals surface area contributed by atoms with Crippen molar-refractivity contribution in [2.75, 3.05) is 19.6 Å². The summed E-state index contributed by atoms with van der Waals surface area (Å²) in [5.74, 6) is 0.671. The normalized spacial score (nSPS) is 18.1. The van der Waals surface area contributed by atoms with Gasteiger partial charge in [-0.05, 0) is 69.1 Å². The van der Waals surface area contributed by atoms with Crippen LogP contribution in [0.3, 0.4) is 0 Å². The number of likely N-dealkylation sites (N-methyl/N-ethyl adjacent to an activating group) is 1. The van der Waals surface area contributed by atoms with E-state index in [9.17, 15) is 5.11 Å². The highest BCUT2D eigenvalue weighted by molar-refractivity contribution is 5.78. The summed E-state index contributed by atoms with van der Waals surface area (Å²) in [6, 6.07) is 7.68. The van der Waals surface area contributed by atoms with Crippen LogP contribution in [0.25, 0.3) is 22.4 Å². The van der Waals surface area contributed by atoms with E-state index in [4.69, 9.17) is 9.97 Å². The number of phenolic OH excluding ortho intramolecular Hbond substituents is 1. The van der Waals surface area contributed by atoms with Crippen LogP contribution in [0.2, 0.25) is 0 Å². The summed E-state index contributed by atoms with van der Waals surface area (Å²) in [5, 5.41) is 10.4. The highest BCUT2D eigenvalue weighted by atomic mass is 16.3. The van der Waals surface area contributed by atoms with E-state index in [-0.39, 0.29) is 5.75 Å². The van der Waals surface area contributed by atoms with Crippen molar-refractivity contribution in [1.82, 2.24) is 19.9 Å². The minimum absolute atomic E-state index is 0.259. The molecule has 4 rings (SSSR count). The Balaban J connectivity index is 1.74. The Bertz CT molecular complexity index is 962. The van der Waals surface area contributed by atoms with E-state index in [0.717, 1.165) is 53.1 Å². The van der Waals surface area contributed by atoms with Crippen molar-refractivity contribution in [2.24, 2.45) is 0 Å². The lowest BCUT2D eigenvalue weighted by atomic mass is 9.95. The molecule has 1 atom stereocenters. The summed E-state index contributed by atoms with van der Waals surface area (Å²) < 4.78 is 0. The molecule has 140 valence electrons. The van der Waals surface area contributed by atoms with Gasteiger partial charge in [-0.2, -0.15) is 0 Å². The maximum atomic E-state index is 10.4. The molecular weight excluding hydrogens is 336 g/mol. The quantitative estimate of drug-likeness (QED) is 0.756. The third-order valence-corrected chi connectivity index (χ3v) is 5.51. The zero-order valence-electron chi connectivity index (χ0n) is 16.2. The third kappa shape index (κ3) is 3.52. The highest BCUT2D eigenvalue weighted by Gasteiger charge is 2.22. The summed E-state index contributed by atoms with van der Waals surface area (Å²) >= 11 is 0. The van der Waals surface area contributed by atoms with Gasteiger partial charge in [0.2, 0.25) is 0 Å². The monoisotopic (exact) mass is 362 g/mol. The lowest BCUT2D eigenvalue weighted by molar-refractivity contribution is 0.216. The number of likely N-dealkylation sites (tertiary alicyclic amines) is 1. The number of fused-ring (bicyclic) bond motifs is 1. The first kappa shape index (κ1) is 17.9. The molecule has 0 aliphatic carbocycles. The largest absolute Gasteiger partial charge is 0.507 e. The molecule has 0 amide bonds. The van der Waals surface area contributed by atoms with E-state index in [1.807, 2.05) is 32.2 Å². The molecule has 2 aromatic heterocycles. The van der Waals surface area contributed by atoms with E-state index in [1.165, 1.54) is 13.0 Å². The molecule has 1 aliphatic heterocycles. The van der Waals surface area contributed by atoms with Gasteiger partial charge in [-0.15, -0.1) is 0 Å². The molecule has 3 heterocycles. The molecule has 0 bridgehead atoms. The van der Waals surface area contributed by atoms with Gasteiger partial charge < -0.3 is 10.0 Å². The van der Waals surface area contributed by atoms with Gasteiger partial charge in [0.1, 0.15) is 11.3 Å². The summed E-state index contributed by atoms with van der Waals surface area (Å²) in [5.41, 5.74) is 6.01. The standard InChI is InChI=1S/C22H26N4O/c1-4-26-9-5-6-16(13-26)19-12-23-18-8-7-17(24-22(18)25-19)21-15(3)10-14(2)11-20(21)27/h7-8,10-12,16,27H,4-6,9,13H2,1-3H3/t16-/m1/s1. The molecule has 3 aromatic rings. The van der Waals surface area contributed by atoms with E-state index in [0.29, 0.717) is 11.6 Å². The zero-order chi connectivity index (χ0) is 19.0. The molecule has 5 nitrogen and oxygen atoms in total. The van der Waals surface area contributed by atoms with Gasteiger partial charge in [0.25, 0.3) is 0 Å². The number of pyridine rings is 1. The Labute approximate surface area is 160 Å². The lowest BCUT2D eigenvalue weighted by Gasteiger charge is -2.31. The van der Waals surface area contributed by atoms with Gasteiger partial charge in [-0.1, -0.05) is 13.0 Å². The number of phenols is 1. The minimum Gasteiger partial charge on any atom is -0.507 e. The molecule has 0 spiro atoms. The van der Waals surface area contributed by atoms with Crippen molar-refractivity contribution >= 4 is 11.2 Å². The summed E-state index contributed by atoms with van der Waals surface area (Å²) in [7, 11) is 0. The van der Waals surface area contributed by atoms with Crippen LogP contribution in [-0.4, -0.2) is 44.6 Å². The molecule has 0 radical (unpaired) electrons. The molecule has 1 aromatic carbocycles. The predicted molar refractivity (Wildman–Crippen MR) is 108 cm³/mol. The van der Waals surface area contributed by atoms with Gasteiger partial charge >= 0.3 is 0 Å². The number of hydrogen-bond acceptors (Lipinski definition) is 5. The van der Waals surface area contributed by atoms with Gasteiger partial charge in [0, 0.05) is 24.2 Å². The third-order valence-electron chi connectivity index (χ3n) is 5.51. The lowest BCUT2D eigenvalue weighted by Crippen LogP contribution is -2.34. The molecule has 27 heavy (non-hydrogen) atoms. The number of aromatic nitrogens is 3. The second kappa shape index (κ2) is 7.24. The smallest absolute Gasteiger partial charge is 0.179 e. The fraction of sp³-hybridized carbons (Fsp3) is 0.409. The van der Waals surface area contributed by atoms with Crippen molar-refractivity contribution in [1.29, 1.82) is 0 Å². The Hall–Kier alpha value is -2.53. The van der Waals surface area contributed by atoms with E-state index < -0.39 is 0 Å². The van der Waals surface area contributed by atoms with E-state index in [1.54, 1.807) is 6.07 Å². The van der Waals surface area contributed by atoms with Gasteiger partial charge in [0.05, 0.1) is 11.4 Å². The van der Waals surface area contributed by atoms with Crippen LogP contribution in [0.15, 0.2) is 30.5 Å². The van der Waals surface area contributed by atoms with Gasteiger partial charge in [0.15, 0.2) is 5.65 Å². The van der Waals surface area contributed by atoms with Gasteiger partial charge in [-0.3, -0.25) is 4.98 Å². The molecule has 1 fully saturated rings. The first-order valence-electron chi connectivity index (χ1n) is 9.71. The minimum atomic E-state index is 0.259. The average Bonchev–Trinajstić information content (AvgIpc) is 2.66. The maximum Gasteiger partial charge on any atom is 0.179 e. The molecule has 0 unspecified atom stereocenters. The average molecular weight is 362 g/mol. The SMILES string of the molecule is CCN1CCC[C@@H](c2cnc3ccc(-c4c(C)cc(C)cc4O)nc3n2)C1. The molecular formula is C22H26N4O. The van der Waals surface area contributed by atoms with Crippen LogP contribution >= 0.6 is 0 Å². The predicted octanol–water partition coefficient (Wildman–Crippen LogP) is 4.21. The Morgan fingerprint density at radius 3 is 2.81 bits per heavy atom. The van der Waals surface area contributed by atoms with Crippen molar-refractivity contribution in [3.8, 4) is 17.0 Å². The van der Waals surface area contributed by atoms with Crippen LogP contribution < -0.4 is 0 Å². The van der Waals surface area contributed by atoms with Gasteiger partial charge in [-0.25, -0.2) is 9.97 Å². The number of piperidine rings is 1. The van der Waals surface area contributed by atoms with Crippen LogP contribution in [0.1, 0.15) is 42.5 Å². The molecule has 1 N–H and O–H groups in total. The van der Waals surface area contributed by atoms with Crippen LogP contribution in [0.4, 0.5) is 0 Å². The van der Waals surface area contributed by atoms with Crippen LogP contribution in [0, 0.1) is 13.8 Å². The van der Waals surface area contributed by atoms with Crippen molar-refractivity contribution in [3.05, 3.63) is 47.3 Å². The topological polar surface area (TPSA) is 62.1 Å². The zero-order valence-corrected chi connectivity index (χ0v) is 16.2. The van der Waals surface area contributed by atoms with E-state index in [2.05, 4.69) is 22.9 Å². The van der Waals surface area contributed by atoms with Crippen molar-refractivity contribution in [3.63, 3.8) is 0 Å². The van der Waals surface area contributed by atoms with Crippen LogP contribution in [-0.2, 0) is 0 Å². The molecule has 1 saturated heterocycles. The first-order chi connectivity index (χ1) is 13.0. The second-order valence-electron chi connectivity index (χ2n) is 7.54. The Kier molecular flexibility index (Phi) is 4.79. The summed E-state index contributed by atoms with van der Waals surface area (Å²) in [6.07, 6.45) is 4.25.